The molecule has 0 radical (unpaired) electrons. The molecule has 1 amide bonds. The minimum Gasteiger partial charge on any atom is -0.349 e. The lowest BCUT2D eigenvalue weighted by atomic mass is 9.94. The fraction of sp³-hybridized carbons (Fsp3) is 0.435. The summed E-state index contributed by atoms with van der Waals surface area (Å²) in [6, 6.07) is 15.1. The van der Waals surface area contributed by atoms with Crippen molar-refractivity contribution in [1.82, 2.24) is 10.2 Å². The van der Waals surface area contributed by atoms with Gasteiger partial charge in [0.25, 0.3) is 0 Å². The quantitative estimate of drug-likeness (QED) is 0.786. The maximum absolute atomic E-state index is 12.7. The van der Waals surface area contributed by atoms with E-state index in [1.54, 1.807) is 24.3 Å². The summed E-state index contributed by atoms with van der Waals surface area (Å²) >= 11 is 0. The van der Waals surface area contributed by atoms with Gasteiger partial charge in [-0.25, -0.2) is 8.42 Å². The first-order valence-electron chi connectivity index (χ1n) is 10.1. The van der Waals surface area contributed by atoms with Gasteiger partial charge in [0.15, 0.2) is 9.84 Å². The van der Waals surface area contributed by atoms with Crippen molar-refractivity contribution in [3.8, 4) is 0 Å². The van der Waals surface area contributed by atoms with E-state index in [0.29, 0.717) is 4.90 Å². The number of nitrogens with one attached hydrogen (secondary N) is 1. The van der Waals surface area contributed by atoms with Gasteiger partial charge in [-0.3, -0.25) is 9.69 Å². The van der Waals surface area contributed by atoms with Gasteiger partial charge in [0, 0.05) is 18.7 Å². The van der Waals surface area contributed by atoms with E-state index in [9.17, 15) is 13.2 Å². The fourth-order valence-corrected chi connectivity index (χ4v) is 4.47. The highest BCUT2D eigenvalue weighted by atomic mass is 32.2. The molecular formula is C23H30N2O3S. The molecule has 1 aliphatic rings. The number of likely N-dealkylation sites (tertiary alicyclic amines) is 1. The normalized spacial score (nSPS) is 17.1. The van der Waals surface area contributed by atoms with Crippen LogP contribution in [0.3, 0.4) is 0 Å². The minimum atomic E-state index is -3.21. The van der Waals surface area contributed by atoms with Crippen molar-refractivity contribution in [2.75, 3.05) is 19.3 Å². The van der Waals surface area contributed by atoms with Crippen molar-refractivity contribution in [3.05, 3.63) is 65.2 Å². The number of carbonyl (C=O) groups is 1. The molecule has 0 aromatic heterocycles. The molecule has 0 bridgehead atoms. The Labute approximate surface area is 174 Å². The summed E-state index contributed by atoms with van der Waals surface area (Å²) in [5.41, 5.74) is 3.50. The maximum Gasteiger partial charge on any atom is 0.223 e. The summed E-state index contributed by atoms with van der Waals surface area (Å²) in [6.07, 6.45) is 2.91. The highest BCUT2D eigenvalue weighted by Crippen LogP contribution is 2.22. The zero-order valence-corrected chi connectivity index (χ0v) is 18.2. The number of aryl methyl sites for hydroxylation is 1. The molecule has 3 rings (SSSR count). The molecule has 1 aliphatic heterocycles. The van der Waals surface area contributed by atoms with Crippen LogP contribution in [0.4, 0.5) is 0 Å². The predicted molar refractivity (Wildman–Crippen MR) is 115 cm³/mol. The largest absolute Gasteiger partial charge is 0.349 e. The van der Waals surface area contributed by atoms with Crippen molar-refractivity contribution in [2.45, 2.75) is 44.2 Å². The summed E-state index contributed by atoms with van der Waals surface area (Å²) in [4.78, 5) is 15.4. The minimum absolute atomic E-state index is 0.0292. The lowest BCUT2D eigenvalue weighted by Gasteiger charge is -2.32. The standard InChI is InChI=1S/C23H30N2O3S/c1-17-5-4-6-19(15-17)16-25-13-11-21(12-14-25)23(26)24-18(2)20-7-9-22(10-8-20)29(3,27)28/h4-10,15,18,21H,11-14,16H2,1-3H3,(H,24,26)/t18-/m0/s1. The van der Waals surface area contributed by atoms with Crippen LogP contribution < -0.4 is 5.32 Å². The van der Waals surface area contributed by atoms with E-state index in [2.05, 4.69) is 41.4 Å². The molecule has 156 valence electrons. The first-order valence-corrected chi connectivity index (χ1v) is 12.0. The van der Waals surface area contributed by atoms with Gasteiger partial charge in [-0.2, -0.15) is 0 Å². The average molecular weight is 415 g/mol. The zero-order chi connectivity index (χ0) is 21.0. The molecule has 1 fully saturated rings. The van der Waals surface area contributed by atoms with E-state index in [1.165, 1.54) is 17.4 Å². The number of sulfone groups is 1. The highest BCUT2D eigenvalue weighted by Gasteiger charge is 2.26. The third kappa shape index (κ3) is 5.90. The molecule has 1 atom stereocenters. The van der Waals surface area contributed by atoms with E-state index >= 15 is 0 Å². The second-order valence-corrected chi connectivity index (χ2v) is 10.1. The molecule has 6 heteroatoms. The second-order valence-electron chi connectivity index (χ2n) is 8.11. The Morgan fingerprint density at radius 2 is 1.79 bits per heavy atom. The predicted octanol–water partition coefficient (Wildman–Crippen LogP) is 3.49. The molecule has 1 saturated heterocycles. The molecule has 0 unspecified atom stereocenters. The molecule has 2 aromatic rings. The molecule has 29 heavy (non-hydrogen) atoms. The van der Waals surface area contributed by atoms with Crippen LogP contribution >= 0.6 is 0 Å². The van der Waals surface area contributed by atoms with Crippen molar-refractivity contribution >= 4 is 15.7 Å². The van der Waals surface area contributed by atoms with E-state index in [0.717, 1.165) is 38.0 Å². The summed E-state index contributed by atoms with van der Waals surface area (Å²) in [5, 5.41) is 3.09. The monoisotopic (exact) mass is 414 g/mol. The Balaban J connectivity index is 1.50. The lowest BCUT2D eigenvalue weighted by molar-refractivity contribution is -0.127. The van der Waals surface area contributed by atoms with Crippen LogP contribution in [0.5, 0.6) is 0 Å². The second kappa shape index (κ2) is 9.09. The topological polar surface area (TPSA) is 66.5 Å². The van der Waals surface area contributed by atoms with E-state index < -0.39 is 9.84 Å². The Morgan fingerprint density at radius 1 is 1.14 bits per heavy atom. The molecule has 0 aliphatic carbocycles. The summed E-state index contributed by atoms with van der Waals surface area (Å²) in [5.74, 6) is 0.112. The van der Waals surface area contributed by atoms with Gasteiger partial charge < -0.3 is 5.32 Å². The van der Waals surface area contributed by atoms with Gasteiger partial charge in [-0.05, 0) is 63.0 Å². The first kappa shape index (κ1) is 21.5. The molecule has 2 aromatic carbocycles. The molecular weight excluding hydrogens is 384 g/mol. The first-order chi connectivity index (χ1) is 13.7. The molecule has 1 heterocycles. The van der Waals surface area contributed by atoms with Crippen molar-refractivity contribution in [3.63, 3.8) is 0 Å². The van der Waals surface area contributed by atoms with Crippen LogP contribution in [-0.2, 0) is 21.2 Å². The van der Waals surface area contributed by atoms with Crippen molar-refractivity contribution < 1.29 is 13.2 Å². The molecule has 0 saturated carbocycles. The molecule has 1 N–H and O–H groups in total. The Bertz CT molecular complexity index is 946. The van der Waals surface area contributed by atoms with Gasteiger partial charge in [0.05, 0.1) is 10.9 Å². The van der Waals surface area contributed by atoms with Crippen LogP contribution in [-0.4, -0.2) is 38.6 Å². The van der Waals surface area contributed by atoms with Gasteiger partial charge in [-0.15, -0.1) is 0 Å². The fourth-order valence-electron chi connectivity index (χ4n) is 3.84. The average Bonchev–Trinajstić information content (AvgIpc) is 2.68. The Hall–Kier alpha value is -2.18. The van der Waals surface area contributed by atoms with Crippen LogP contribution in [0.25, 0.3) is 0 Å². The summed E-state index contributed by atoms with van der Waals surface area (Å²) in [7, 11) is -3.21. The van der Waals surface area contributed by atoms with E-state index in [4.69, 9.17) is 0 Å². The Morgan fingerprint density at radius 3 is 2.38 bits per heavy atom. The van der Waals surface area contributed by atoms with E-state index in [1.807, 2.05) is 6.92 Å². The van der Waals surface area contributed by atoms with Gasteiger partial charge >= 0.3 is 0 Å². The van der Waals surface area contributed by atoms with E-state index in [-0.39, 0.29) is 17.9 Å². The number of benzene rings is 2. The lowest BCUT2D eigenvalue weighted by Crippen LogP contribution is -2.40. The molecule has 0 spiro atoms. The number of hydrogen-bond donors (Lipinski definition) is 1. The third-order valence-electron chi connectivity index (χ3n) is 5.61. The molecule has 5 nitrogen and oxygen atoms in total. The van der Waals surface area contributed by atoms with Crippen LogP contribution in [0.2, 0.25) is 0 Å². The summed E-state index contributed by atoms with van der Waals surface area (Å²) < 4.78 is 23.2. The number of carbonyl (C=O) groups excluding carboxylic acids is 1. The smallest absolute Gasteiger partial charge is 0.223 e. The van der Waals surface area contributed by atoms with Crippen LogP contribution in [0, 0.1) is 12.8 Å². The van der Waals surface area contributed by atoms with Crippen molar-refractivity contribution in [1.29, 1.82) is 0 Å². The van der Waals surface area contributed by atoms with Gasteiger partial charge in [-0.1, -0.05) is 42.0 Å². The number of nitrogens with zero attached hydrogens (tertiary/aromatic N) is 1. The van der Waals surface area contributed by atoms with Crippen LogP contribution in [0.15, 0.2) is 53.4 Å². The third-order valence-corrected chi connectivity index (χ3v) is 6.74. The highest BCUT2D eigenvalue weighted by molar-refractivity contribution is 7.90. The zero-order valence-electron chi connectivity index (χ0n) is 17.4. The summed E-state index contributed by atoms with van der Waals surface area (Å²) in [6.45, 7) is 6.81. The van der Waals surface area contributed by atoms with Gasteiger partial charge in [0.2, 0.25) is 5.91 Å². The number of rotatable bonds is 6. The maximum atomic E-state index is 12.7. The number of piperidine rings is 1. The Kier molecular flexibility index (Phi) is 6.75. The number of amides is 1. The van der Waals surface area contributed by atoms with Crippen LogP contribution in [0.1, 0.15) is 42.5 Å². The number of hydrogen-bond acceptors (Lipinski definition) is 4. The van der Waals surface area contributed by atoms with Gasteiger partial charge in [0.1, 0.15) is 0 Å². The van der Waals surface area contributed by atoms with Crippen molar-refractivity contribution in [2.24, 2.45) is 5.92 Å². The SMILES string of the molecule is Cc1cccc(CN2CCC(C(=O)N[C@@H](C)c3ccc(S(C)(=O)=O)cc3)CC2)c1.